The minimum absolute atomic E-state index is 0.0828. The number of amides is 1. The molecule has 18 heavy (non-hydrogen) atoms. The number of carbonyl (C=O) groups is 1. The fourth-order valence-electron chi connectivity index (χ4n) is 1.98. The molecule has 1 aromatic rings. The third-order valence-electron chi connectivity index (χ3n) is 2.94. The molecule has 1 aromatic carbocycles. The van der Waals surface area contributed by atoms with Gasteiger partial charge in [-0.05, 0) is 12.1 Å². The van der Waals surface area contributed by atoms with Gasteiger partial charge in [-0.2, -0.15) is 0 Å². The van der Waals surface area contributed by atoms with Crippen LogP contribution in [0.4, 0.5) is 5.69 Å². The summed E-state index contributed by atoms with van der Waals surface area (Å²) in [5.74, 6) is 5.28. The lowest BCUT2D eigenvalue weighted by Crippen LogP contribution is -2.47. The highest BCUT2D eigenvalue weighted by Gasteiger charge is 2.25. The largest absolute Gasteiger partial charge is 0.394 e. The molecule has 0 radical (unpaired) electrons. The maximum absolute atomic E-state index is 12.3. The van der Waals surface area contributed by atoms with Crippen LogP contribution in [0.5, 0.6) is 0 Å². The van der Waals surface area contributed by atoms with Crippen LogP contribution in [0.2, 0.25) is 0 Å². The Labute approximate surface area is 105 Å². The molecule has 1 atom stereocenters. The number of hydrogen-bond donors (Lipinski definition) is 3. The Morgan fingerprint density at radius 3 is 3.06 bits per heavy atom. The molecule has 1 saturated heterocycles. The summed E-state index contributed by atoms with van der Waals surface area (Å²) in [6.45, 7) is 1.28. The van der Waals surface area contributed by atoms with E-state index in [-0.39, 0.29) is 18.6 Å². The lowest BCUT2D eigenvalue weighted by atomic mass is 10.1. The van der Waals surface area contributed by atoms with E-state index in [1.54, 1.807) is 23.1 Å². The van der Waals surface area contributed by atoms with Gasteiger partial charge in [-0.25, -0.2) is 0 Å². The zero-order valence-corrected chi connectivity index (χ0v) is 10.0. The fourth-order valence-corrected chi connectivity index (χ4v) is 1.98. The number of rotatable bonds is 3. The molecular formula is C12H17N3O3. The van der Waals surface area contributed by atoms with E-state index < -0.39 is 0 Å². The van der Waals surface area contributed by atoms with Gasteiger partial charge in [0.15, 0.2) is 0 Å². The van der Waals surface area contributed by atoms with Gasteiger partial charge >= 0.3 is 0 Å². The van der Waals surface area contributed by atoms with Gasteiger partial charge in [-0.1, -0.05) is 12.1 Å². The summed E-state index contributed by atoms with van der Waals surface area (Å²) in [5, 5.41) is 9.07. The summed E-state index contributed by atoms with van der Waals surface area (Å²) in [6, 6.07) is 7.07. The number of hydrazine groups is 1. The van der Waals surface area contributed by atoms with Crippen molar-refractivity contribution < 1.29 is 14.6 Å². The van der Waals surface area contributed by atoms with Crippen molar-refractivity contribution in [3.63, 3.8) is 0 Å². The molecule has 0 aliphatic carbocycles. The number of benzene rings is 1. The lowest BCUT2D eigenvalue weighted by molar-refractivity contribution is -0.0447. The molecule has 1 heterocycles. The Bertz CT molecular complexity index is 425. The van der Waals surface area contributed by atoms with E-state index in [1.807, 2.05) is 6.07 Å². The second-order valence-corrected chi connectivity index (χ2v) is 4.12. The van der Waals surface area contributed by atoms with E-state index >= 15 is 0 Å². The maximum atomic E-state index is 12.3. The van der Waals surface area contributed by atoms with Crippen molar-refractivity contribution in [3.8, 4) is 0 Å². The Kier molecular flexibility index (Phi) is 4.14. The van der Waals surface area contributed by atoms with Crippen LogP contribution in [0, 0.1) is 0 Å². The number of anilines is 1. The Hall–Kier alpha value is -1.63. The lowest BCUT2D eigenvalue weighted by Gasteiger charge is -2.32. The third kappa shape index (κ3) is 2.61. The van der Waals surface area contributed by atoms with Gasteiger partial charge in [-0.15, -0.1) is 0 Å². The number of morpholine rings is 1. The number of nitrogens with one attached hydrogen (secondary N) is 1. The summed E-state index contributed by atoms with van der Waals surface area (Å²) in [4.78, 5) is 14.0. The van der Waals surface area contributed by atoms with Crippen molar-refractivity contribution in [2.24, 2.45) is 5.84 Å². The average molecular weight is 251 g/mol. The van der Waals surface area contributed by atoms with Gasteiger partial charge in [-0.3, -0.25) is 10.6 Å². The van der Waals surface area contributed by atoms with Gasteiger partial charge in [0, 0.05) is 13.1 Å². The zero-order chi connectivity index (χ0) is 13.0. The second-order valence-electron chi connectivity index (χ2n) is 4.12. The molecule has 1 aliphatic heterocycles. The highest BCUT2D eigenvalue weighted by Crippen LogP contribution is 2.17. The van der Waals surface area contributed by atoms with Crippen molar-refractivity contribution in [2.75, 3.05) is 31.7 Å². The highest BCUT2D eigenvalue weighted by atomic mass is 16.5. The first-order chi connectivity index (χ1) is 8.76. The summed E-state index contributed by atoms with van der Waals surface area (Å²) < 4.78 is 5.32. The standard InChI is InChI=1S/C12H17N3O3/c13-14-11-4-2-1-3-10(11)12(17)15-5-6-18-9(7-15)8-16/h1-4,9,14,16H,5-8,13H2. The van der Waals surface area contributed by atoms with Crippen LogP contribution >= 0.6 is 0 Å². The van der Waals surface area contributed by atoms with Crippen LogP contribution in [-0.4, -0.2) is 48.3 Å². The van der Waals surface area contributed by atoms with E-state index in [4.69, 9.17) is 15.7 Å². The number of hydrogen-bond acceptors (Lipinski definition) is 5. The molecule has 1 amide bonds. The Balaban J connectivity index is 2.15. The molecule has 1 fully saturated rings. The van der Waals surface area contributed by atoms with Gasteiger partial charge in [0.05, 0.1) is 30.6 Å². The molecule has 0 saturated carbocycles. The Morgan fingerprint density at radius 1 is 1.56 bits per heavy atom. The van der Waals surface area contributed by atoms with E-state index in [0.29, 0.717) is 30.9 Å². The fraction of sp³-hybridized carbons (Fsp3) is 0.417. The second kappa shape index (κ2) is 5.81. The molecule has 4 N–H and O–H groups in total. The average Bonchev–Trinajstić information content (AvgIpc) is 2.46. The summed E-state index contributed by atoms with van der Waals surface area (Å²) in [5.41, 5.74) is 3.63. The van der Waals surface area contributed by atoms with Crippen molar-refractivity contribution in [3.05, 3.63) is 29.8 Å². The van der Waals surface area contributed by atoms with Gasteiger partial charge < -0.3 is 20.2 Å². The van der Waals surface area contributed by atoms with E-state index in [2.05, 4.69) is 5.43 Å². The maximum Gasteiger partial charge on any atom is 0.256 e. The third-order valence-corrected chi connectivity index (χ3v) is 2.94. The number of nitrogens with two attached hydrogens (primary N) is 1. The van der Waals surface area contributed by atoms with E-state index in [9.17, 15) is 4.79 Å². The van der Waals surface area contributed by atoms with Crippen LogP contribution in [0.25, 0.3) is 0 Å². The minimum Gasteiger partial charge on any atom is -0.394 e. The number of para-hydroxylation sites is 1. The first kappa shape index (κ1) is 12.8. The molecule has 0 bridgehead atoms. The smallest absolute Gasteiger partial charge is 0.256 e. The van der Waals surface area contributed by atoms with Crippen molar-refractivity contribution in [1.29, 1.82) is 0 Å². The van der Waals surface area contributed by atoms with Gasteiger partial charge in [0.25, 0.3) is 5.91 Å². The number of nitrogens with zero attached hydrogens (tertiary/aromatic N) is 1. The number of ether oxygens (including phenoxy) is 1. The van der Waals surface area contributed by atoms with Crippen LogP contribution in [0.3, 0.4) is 0 Å². The summed E-state index contributed by atoms with van der Waals surface area (Å²) in [6.07, 6.45) is -0.305. The SMILES string of the molecule is NNc1ccccc1C(=O)N1CCOC(CO)C1. The molecule has 6 nitrogen and oxygen atoms in total. The Morgan fingerprint density at radius 2 is 2.33 bits per heavy atom. The van der Waals surface area contributed by atoms with E-state index in [0.717, 1.165) is 0 Å². The molecule has 0 spiro atoms. The number of carbonyl (C=O) groups excluding carboxylic acids is 1. The number of aliphatic hydroxyl groups is 1. The van der Waals surface area contributed by atoms with Gasteiger partial charge in [0.1, 0.15) is 0 Å². The molecule has 0 aromatic heterocycles. The quantitative estimate of drug-likeness (QED) is 0.512. The van der Waals surface area contributed by atoms with Crippen molar-refractivity contribution >= 4 is 11.6 Å². The number of aliphatic hydroxyl groups excluding tert-OH is 1. The predicted octanol–water partition coefficient (Wildman–Crippen LogP) is -0.194. The van der Waals surface area contributed by atoms with Crippen molar-refractivity contribution in [2.45, 2.75) is 6.10 Å². The molecule has 1 aliphatic rings. The van der Waals surface area contributed by atoms with Crippen LogP contribution in [0.1, 0.15) is 10.4 Å². The predicted molar refractivity (Wildman–Crippen MR) is 67.0 cm³/mol. The van der Waals surface area contributed by atoms with Crippen molar-refractivity contribution in [1.82, 2.24) is 4.90 Å². The van der Waals surface area contributed by atoms with Crippen LogP contribution < -0.4 is 11.3 Å². The molecule has 1 unspecified atom stereocenters. The summed E-state index contributed by atoms with van der Waals surface area (Å²) >= 11 is 0. The minimum atomic E-state index is -0.305. The summed E-state index contributed by atoms with van der Waals surface area (Å²) in [7, 11) is 0. The van der Waals surface area contributed by atoms with E-state index in [1.165, 1.54) is 0 Å². The zero-order valence-electron chi connectivity index (χ0n) is 10.0. The molecule has 98 valence electrons. The normalized spacial score (nSPS) is 19.7. The van der Waals surface area contributed by atoms with Gasteiger partial charge in [0.2, 0.25) is 0 Å². The first-order valence-corrected chi connectivity index (χ1v) is 5.83. The van der Waals surface area contributed by atoms with Crippen LogP contribution in [-0.2, 0) is 4.74 Å². The number of nitrogen functional groups attached to an aromatic ring is 1. The molecule has 2 rings (SSSR count). The molecule has 6 heteroatoms. The van der Waals surface area contributed by atoms with Crippen LogP contribution in [0.15, 0.2) is 24.3 Å². The molecular weight excluding hydrogens is 234 g/mol. The first-order valence-electron chi connectivity index (χ1n) is 5.83. The monoisotopic (exact) mass is 251 g/mol. The topological polar surface area (TPSA) is 87.8 Å². The highest BCUT2D eigenvalue weighted by molar-refractivity contribution is 5.99.